The fourth-order valence-corrected chi connectivity index (χ4v) is 2.71. The van der Waals surface area contributed by atoms with E-state index in [1.807, 2.05) is 19.1 Å². The van der Waals surface area contributed by atoms with E-state index in [1.165, 1.54) is 0 Å². The molecule has 0 bridgehead atoms. The minimum atomic E-state index is -0.682. The van der Waals surface area contributed by atoms with Crippen LogP contribution < -0.4 is 5.73 Å². The molecule has 98 valence electrons. The van der Waals surface area contributed by atoms with Crippen molar-refractivity contribution in [2.24, 2.45) is 5.73 Å². The van der Waals surface area contributed by atoms with Crippen molar-refractivity contribution in [3.05, 3.63) is 28.2 Å². The van der Waals surface area contributed by atoms with Crippen molar-refractivity contribution in [3.8, 4) is 6.07 Å². The van der Waals surface area contributed by atoms with Crippen LogP contribution in [-0.4, -0.2) is 11.3 Å². The number of thioether (sulfide) groups is 1. The molecule has 0 saturated heterocycles. The van der Waals surface area contributed by atoms with E-state index >= 15 is 0 Å². The van der Waals surface area contributed by atoms with Crippen molar-refractivity contribution in [1.29, 1.82) is 5.26 Å². The molecule has 0 amide bonds. The molecule has 1 rings (SSSR count). The lowest BCUT2D eigenvalue weighted by Crippen LogP contribution is -2.37. The summed E-state index contributed by atoms with van der Waals surface area (Å²) in [4.78, 5) is 1.08. The van der Waals surface area contributed by atoms with Crippen molar-refractivity contribution in [3.63, 3.8) is 0 Å². The third kappa shape index (κ3) is 4.70. The highest BCUT2D eigenvalue weighted by atomic mass is 35.5. The second-order valence-electron chi connectivity index (χ2n) is 4.15. The fraction of sp³-hybridized carbons (Fsp3) is 0.462. The van der Waals surface area contributed by atoms with Crippen molar-refractivity contribution < 1.29 is 0 Å². The summed E-state index contributed by atoms with van der Waals surface area (Å²) >= 11 is 13.5. The van der Waals surface area contributed by atoms with E-state index in [2.05, 4.69) is 6.07 Å². The van der Waals surface area contributed by atoms with Crippen LogP contribution in [0, 0.1) is 11.3 Å². The summed E-state index contributed by atoms with van der Waals surface area (Å²) in [5.74, 6) is 0.915. The molecule has 1 atom stereocenters. The van der Waals surface area contributed by atoms with Gasteiger partial charge >= 0.3 is 0 Å². The maximum atomic E-state index is 8.95. The maximum Gasteiger partial charge on any atom is 0.104 e. The average molecular weight is 303 g/mol. The molecule has 0 spiro atoms. The van der Waals surface area contributed by atoms with Gasteiger partial charge in [0.15, 0.2) is 0 Å². The summed E-state index contributed by atoms with van der Waals surface area (Å²) < 4.78 is 0. The molecule has 5 heteroatoms. The van der Waals surface area contributed by atoms with Crippen LogP contribution >= 0.6 is 35.0 Å². The first-order valence-electron chi connectivity index (χ1n) is 5.79. The van der Waals surface area contributed by atoms with E-state index in [1.54, 1.807) is 17.8 Å². The summed E-state index contributed by atoms with van der Waals surface area (Å²) in [6.07, 6.45) is 2.30. The van der Waals surface area contributed by atoms with Crippen LogP contribution in [0.15, 0.2) is 23.1 Å². The number of nitrogens with two attached hydrogens (primary N) is 1. The average Bonchev–Trinajstić information content (AvgIpc) is 2.38. The first-order chi connectivity index (χ1) is 8.50. The molecule has 0 aromatic heterocycles. The molecule has 2 N–H and O–H groups in total. The SMILES string of the molecule is CCC(N)(C#N)CCCSc1ccc(Cl)c(Cl)c1. The molecule has 0 heterocycles. The Morgan fingerprint density at radius 2 is 2.11 bits per heavy atom. The Bertz CT molecular complexity index is 445. The highest BCUT2D eigenvalue weighted by molar-refractivity contribution is 7.99. The zero-order valence-electron chi connectivity index (χ0n) is 10.2. The number of hydrogen-bond donors (Lipinski definition) is 1. The number of halogens is 2. The molecule has 1 aromatic rings. The number of nitrogens with zero attached hydrogens (tertiary/aromatic N) is 1. The van der Waals surface area contributed by atoms with Gasteiger partial charge in [-0.3, -0.25) is 0 Å². The van der Waals surface area contributed by atoms with E-state index in [0.29, 0.717) is 22.9 Å². The van der Waals surface area contributed by atoms with Gasteiger partial charge in [-0.1, -0.05) is 30.1 Å². The van der Waals surface area contributed by atoms with E-state index in [9.17, 15) is 0 Å². The highest BCUT2D eigenvalue weighted by Crippen LogP contribution is 2.28. The zero-order chi connectivity index (χ0) is 13.6. The summed E-state index contributed by atoms with van der Waals surface area (Å²) in [6, 6.07) is 7.76. The summed E-state index contributed by atoms with van der Waals surface area (Å²) in [5, 5.41) is 10.1. The third-order valence-electron chi connectivity index (χ3n) is 2.78. The predicted octanol–water partition coefficient (Wildman–Crippen LogP) is 4.50. The molecule has 18 heavy (non-hydrogen) atoms. The molecule has 0 aliphatic carbocycles. The van der Waals surface area contributed by atoms with Crippen LogP contribution in [0.3, 0.4) is 0 Å². The van der Waals surface area contributed by atoms with Crippen LogP contribution in [0.5, 0.6) is 0 Å². The van der Waals surface area contributed by atoms with Crippen LogP contribution in [0.4, 0.5) is 0 Å². The lowest BCUT2D eigenvalue weighted by Gasteiger charge is -2.18. The second kappa shape index (κ2) is 7.25. The molecule has 0 aliphatic rings. The van der Waals surface area contributed by atoms with E-state index in [0.717, 1.165) is 17.1 Å². The van der Waals surface area contributed by atoms with Crippen LogP contribution in [0.1, 0.15) is 26.2 Å². The first kappa shape index (κ1) is 15.7. The van der Waals surface area contributed by atoms with Crippen LogP contribution in [0.2, 0.25) is 10.0 Å². The molecule has 0 radical (unpaired) electrons. The van der Waals surface area contributed by atoms with Gasteiger partial charge in [0.2, 0.25) is 0 Å². The summed E-state index contributed by atoms with van der Waals surface area (Å²) in [6.45, 7) is 1.94. The summed E-state index contributed by atoms with van der Waals surface area (Å²) in [5.41, 5.74) is 5.23. The minimum Gasteiger partial charge on any atom is -0.313 e. The van der Waals surface area contributed by atoms with Crippen molar-refractivity contribution >= 4 is 35.0 Å². The Balaban J connectivity index is 2.39. The third-order valence-corrected chi connectivity index (χ3v) is 4.60. The van der Waals surface area contributed by atoms with Crippen LogP contribution in [0.25, 0.3) is 0 Å². The van der Waals surface area contributed by atoms with Gasteiger partial charge < -0.3 is 5.73 Å². The van der Waals surface area contributed by atoms with E-state index < -0.39 is 5.54 Å². The molecule has 0 saturated carbocycles. The maximum absolute atomic E-state index is 8.95. The van der Waals surface area contributed by atoms with E-state index in [-0.39, 0.29) is 0 Å². The zero-order valence-corrected chi connectivity index (χ0v) is 12.6. The molecule has 1 aromatic carbocycles. The highest BCUT2D eigenvalue weighted by Gasteiger charge is 2.20. The minimum absolute atomic E-state index is 0.567. The van der Waals surface area contributed by atoms with Gasteiger partial charge in [-0.05, 0) is 43.2 Å². The van der Waals surface area contributed by atoms with E-state index in [4.69, 9.17) is 34.2 Å². The Morgan fingerprint density at radius 1 is 1.39 bits per heavy atom. The number of nitriles is 1. The lowest BCUT2D eigenvalue weighted by atomic mass is 9.94. The van der Waals surface area contributed by atoms with Gasteiger partial charge in [0.1, 0.15) is 5.54 Å². The van der Waals surface area contributed by atoms with Crippen molar-refractivity contribution in [1.82, 2.24) is 0 Å². The molecule has 1 unspecified atom stereocenters. The topological polar surface area (TPSA) is 49.8 Å². The molecule has 2 nitrogen and oxygen atoms in total. The van der Waals surface area contributed by atoms with Gasteiger partial charge in [-0.15, -0.1) is 11.8 Å². The Kier molecular flexibility index (Phi) is 6.31. The standard InChI is InChI=1S/C13H16Cl2N2S/c1-2-13(17,9-16)6-3-7-18-10-4-5-11(14)12(15)8-10/h4-5,8H,2-3,6-7,17H2,1H3. The van der Waals surface area contributed by atoms with Gasteiger partial charge in [0.25, 0.3) is 0 Å². The molecular formula is C13H16Cl2N2S. The monoisotopic (exact) mass is 302 g/mol. The predicted molar refractivity (Wildman–Crippen MR) is 79.2 cm³/mol. The van der Waals surface area contributed by atoms with Gasteiger partial charge in [0.05, 0.1) is 16.1 Å². The quantitative estimate of drug-likeness (QED) is 0.622. The lowest BCUT2D eigenvalue weighted by molar-refractivity contribution is 0.478. The number of hydrogen-bond acceptors (Lipinski definition) is 3. The van der Waals surface area contributed by atoms with Gasteiger partial charge in [0, 0.05) is 4.90 Å². The van der Waals surface area contributed by atoms with Gasteiger partial charge in [-0.2, -0.15) is 5.26 Å². The van der Waals surface area contributed by atoms with Crippen LogP contribution in [-0.2, 0) is 0 Å². The summed E-state index contributed by atoms with van der Waals surface area (Å²) in [7, 11) is 0. The van der Waals surface area contributed by atoms with Gasteiger partial charge in [-0.25, -0.2) is 0 Å². The number of rotatable bonds is 6. The Morgan fingerprint density at radius 3 is 2.67 bits per heavy atom. The molecule has 0 aliphatic heterocycles. The fourth-order valence-electron chi connectivity index (χ4n) is 1.46. The normalized spacial score (nSPS) is 13.9. The molecule has 0 fully saturated rings. The Hall–Kier alpha value is -0.400. The molecular weight excluding hydrogens is 287 g/mol. The largest absolute Gasteiger partial charge is 0.313 e. The Labute approximate surface area is 122 Å². The van der Waals surface area contributed by atoms with Crippen molar-refractivity contribution in [2.75, 3.05) is 5.75 Å². The smallest absolute Gasteiger partial charge is 0.104 e. The first-order valence-corrected chi connectivity index (χ1v) is 7.53. The number of benzene rings is 1. The van der Waals surface area contributed by atoms with Crippen molar-refractivity contribution in [2.45, 2.75) is 36.6 Å². The second-order valence-corrected chi connectivity index (χ2v) is 6.13.